The zero-order valence-electron chi connectivity index (χ0n) is 13.4. The van der Waals surface area contributed by atoms with E-state index in [4.69, 9.17) is 4.74 Å². The summed E-state index contributed by atoms with van der Waals surface area (Å²) in [5, 5.41) is 18.7. The number of nitrogens with zero attached hydrogens (tertiary/aromatic N) is 1. The summed E-state index contributed by atoms with van der Waals surface area (Å²) in [7, 11) is 0. The van der Waals surface area contributed by atoms with Gasteiger partial charge in [0, 0.05) is 18.7 Å². The number of carboxylic acids is 2. The molecular formula is C16H21NO6. The van der Waals surface area contributed by atoms with Gasteiger partial charge in [-0.15, -0.1) is 0 Å². The molecule has 1 fully saturated rings. The lowest BCUT2D eigenvalue weighted by Gasteiger charge is -2.36. The normalized spacial score (nSPS) is 31.2. The van der Waals surface area contributed by atoms with Crippen LogP contribution in [0.15, 0.2) is 23.3 Å². The summed E-state index contributed by atoms with van der Waals surface area (Å²) in [4.78, 5) is 37.1. The van der Waals surface area contributed by atoms with Crippen LogP contribution in [0.25, 0.3) is 0 Å². The molecule has 0 aromatic carbocycles. The summed E-state index contributed by atoms with van der Waals surface area (Å²) in [5.74, 6) is -2.78. The van der Waals surface area contributed by atoms with Crippen LogP contribution >= 0.6 is 0 Å². The van der Waals surface area contributed by atoms with Crippen LogP contribution in [0.4, 0.5) is 0 Å². The lowest BCUT2D eigenvalue weighted by molar-refractivity contribution is -0.146. The highest BCUT2D eigenvalue weighted by atomic mass is 16.5. The third-order valence-electron chi connectivity index (χ3n) is 4.17. The first-order chi connectivity index (χ1) is 10.6. The Labute approximate surface area is 134 Å². The fraction of sp³-hybridized carbons (Fsp3) is 0.562. The molecule has 1 heterocycles. The van der Waals surface area contributed by atoms with E-state index in [1.807, 2.05) is 13.8 Å². The van der Waals surface area contributed by atoms with Gasteiger partial charge in [0.05, 0.1) is 23.2 Å². The van der Waals surface area contributed by atoms with Crippen molar-refractivity contribution < 1.29 is 29.3 Å². The number of ether oxygens (including phenoxy) is 1. The highest BCUT2D eigenvalue weighted by Gasteiger charge is 2.39. The fourth-order valence-corrected chi connectivity index (χ4v) is 2.94. The fourth-order valence-electron chi connectivity index (χ4n) is 2.94. The predicted molar refractivity (Wildman–Crippen MR) is 80.8 cm³/mol. The molecule has 0 saturated carbocycles. The SMILES string of the molecule is C[C@@H]1CN(C(=O)C2=C(C(=O)O)CC(C)(C(=O)O)C=C2)C[C@H](C)O1. The largest absolute Gasteiger partial charge is 0.481 e. The minimum Gasteiger partial charge on any atom is -0.481 e. The van der Waals surface area contributed by atoms with Crippen LogP contribution in [0.2, 0.25) is 0 Å². The van der Waals surface area contributed by atoms with Crippen molar-refractivity contribution in [2.75, 3.05) is 13.1 Å². The van der Waals surface area contributed by atoms with Crippen molar-refractivity contribution in [3.05, 3.63) is 23.3 Å². The molecule has 1 amide bonds. The summed E-state index contributed by atoms with van der Waals surface area (Å²) < 4.78 is 5.57. The average Bonchev–Trinajstić information content (AvgIpc) is 2.45. The van der Waals surface area contributed by atoms with Crippen molar-refractivity contribution in [2.45, 2.75) is 39.4 Å². The summed E-state index contributed by atoms with van der Waals surface area (Å²) in [6.45, 7) is 5.89. The van der Waals surface area contributed by atoms with E-state index in [0.717, 1.165) is 0 Å². The van der Waals surface area contributed by atoms with E-state index in [1.165, 1.54) is 19.1 Å². The molecule has 0 aromatic rings. The van der Waals surface area contributed by atoms with Gasteiger partial charge >= 0.3 is 11.9 Å². The molecule has 3 atom stereocenters. The van der Waals surface area contributed by atoms with Gasteiger partial charge in [0.15, 0.2) is 0 Å². The first-order valence-electron chi connectivity index (χ1n) is 7.48. The summed E-state index contributed by atoms with van der Waals surface area (Å²) in [6.07, 6.45) is 2.24. The molecule has 0 radical (unpaired) electrons. The number of hydrogen-bond acceptors (Lipinski definition) is 4. The number of morpholine rings is 1. The molecule has 2 N–H and O–H groups in total. The smallest absolute Gasteiger partial charge is 0.332 e. The molecule has 126 valence electrons. The Morgan fingerprint density at radius 2 is 1.78 bits per heavy atom. The average molecular weight is 323 g/mol. The second kappa shape index (κ2) is 6.16. The molecule has 0 aromatic heterocycles. The Bertz CT molecular complexity index is 598. The van der Waals surface area contributed by atoms with Crippen LogP contribution in [0.3, 0.4) is 0 Å². The van der Waals surface area contributed by atoms with Crippen molar-refractivity contribution in [3.63, 3.8) is 0 Å². The molecule has 0 bridgehead atoms. The standard InChI is InChI=1S/C16H21NO6/c1-9-7-17(8-10(2)23-9)13(18)11-4-5-16(3,15(21)22)6-12(11)14(19)20/h4-5,9-10H,6-8H2,1-3H3,(H,19,20)(H,21,22)/t9-,10+,16?. The monoisotopic (exact) mass is 323 g/mol. The van der Waals surface area contributed by atoms with E-state index in [-0.39, 0.29) is 29.8 Å². The highest BCUT2D eigenvalue weighted by Crippen LogP contribution is 2.35. The predicted octanol–water partition coefficient (Wildman–Crippen LogP) is 1.05. The first kappa shape index (κ1) is 17.2. The van der Waals surface area contributed by atoms with Crippen molar-refractivity contribution in [1.82, 2.24) is 4.90 Å². The molecule has 7 heteroatoms. The summed E-state index contributed by atoms with van der Waals surface area (Å²) in [5.41, 5.74) is -1.42. The Balaban J connectivity index is 2.32. The molecule has 1 unspecified atom stereocenters. The molecule has 7 nitrogen and oxygen atoms in total. The highest BCUT2D eigenvalue weighted by molar-refractivity contribution is 6.05. The second-order valence-corrected chi connectivity index (χ2v) is 6.40. The maximum Gasteiger partial charge on any atom is 0.332 e. The van der Waals surface area contributed by atoms with Gasteiger partial charge in [-0.05, 0) is 27.2 Å². The van der Waals surface area contributed by atoms with Gasteiger partial charge in [-0.1, -0.05) is 12.2 Å². The summed E-state index contributed by atoms with van der Waals surface area (Å²) >= 11 is 0. The van der Waals surface area contributed by atoms with Crippen molar-refractivity contribution >= 4 is 17.8 Å². The van der Waals surface area contributed by atoms with E-state index in [9.17, 15) is 24.6 Å². The Morgan fingerprint density at radius 3 is 2.26 bits per heavy atom. The molecule has 2 rings (SSSR count). The lowest BCUT2D eigenvalue weighted by atomic mass is 9.77. The Kier molecular flexibility index (Phi) is 4.61. The molecule has 2 aliphatic rings. The number of carbonyl (C=O) groups excluding carboxylic acids is 1. The van der Waals surface area contributed by atoms with Gasteiger partial charge in [0.25, 0.3) is 5.91 Å². The van der Waals surface area contributed by atoms with Crippen LogP contribution in [-0.4, -0.2) is 58.3 Å². The van der Waals surface area contributed by atoms with Crippen molar-refractivity contribution in [1.29, 1.82) is 0 Å². The number of carboxylic acid groups (broad SMARTS) is 2. The van der Waals surface area contributed by atoms with E-state index >= 15 is 0 Å². The second-order valence-electron chi connectivity index (χ2n) is 6.40. The topological polar surface area (TPSA) is 104 Å². The number of hydrogen-bond donors (Lipinski definition) is 2. The maximum atomic E-state index is 12.7. The van der Waals surface area contributed by atoms with Gasteiger partial charge < -0.3 is 19.8 Å². The Hall–Kier alpha value is -2.15. The van der Waals surface area contributed by atoms with Gasteiger partial charge in [-0.3, -0.25) is 9.59 Å². The lowest BCUT2D eigenvalue weighted by Crippen LogP contribution is -2.49. The zero-order valence-corrected chi connectivity index (χ0v) is 13.4. The van der Waals surface area contributed by atoms with Crippen molar-refractivity contribution in [2.24, 2.45) is 5.41 Å². The summed E-state index contributed by atoms with van der Waals surface area (Å²) in [6, 6.07) is 0. The van der Waals surface area contributed by atoms with Gasteiger partial charge in [0.2, 0.25) is 0 Å². The third kappa shape index (κ3) is 3.44. The number of amides is 1. The van der Waals surface area contributed by atoms with Gasteiger partial charge in [0.1, 0.15) is 0 Å². The van der Waals surface area contributed by atoms with E-state index in [1.54, 1.807) is 4.90 Å². The van der Waals surface area contributed by atoms with Crippen molar-refractivity contribution in [3.8, 4) is 0 Å². The minimum absolute atomic E-state index is 0.0533. The van der Waals surface area contributed by atoms with Crippen LogP contribution in [-0.2, 0) is 19.1 Å². The Morgan fingerprint density at radius 1 is 1.22 bits per heavy atom. The minimum atomic E-state index is -1.32. The van der Waals surface area contributed by atoms with Crippen LogP contribution < -0.4 is 0 Å². The molecule has 23 heavy (non-hydrogen) atoms. The van der Waals surface area contributed by atoms with Crippen LogP contribution in [0.1, 0.15) is 27.2 Å². The molecule has 1 aliphatic heterocycles. The van der Waals surface area contributed by atoms with E-state index in [2.05, 4.69) is 0 Å². The molecule has 1 saturated heterocycles. The molecule has 1 aliphatic carbocycles. The van der Waals surface area contributed by atoms with Crippen LogP contribution in [0, 0.1) is 5.41 Å². The van der Waals surface area contributed by atoms with Gasteiger partial charge in [-0.25, -0.2) is 4.79 Å². The number of carbonyl (C=O) groups is 3. The van der Waals surface area contributed by atoms with Gasteiger partial charge in [-0.2, -0.15) is 0 Å². The van der Waals surface area contributed by atoms with E-state index < -0.39 is 23.3 Å². The maximum absolute atomic E-state index is 12.7. The number of aliphatic carboxylic acids is 2. The van der Waals surface area contributed by atoms with E-state index in [0.29, 0.717) is 13.1 Å². The third-order valence-corrected chi connectivity index (χ3v) is 4.17. The number of rotatable bonds is 3. The molecular weight excluding hydrogens is 302 g/mol. The van der Waals surface area contributed by atoms with Crippen LogP contribution in [0.5, 0.6) is 0 Å². The molecule has 0 spiro atoms. The quantitative estimate of drug-likeness (QED) is 0.804. The zero-order chi connectivity index (χ0) is 17.4. The first-order valence-corrected chi connectivity index (χ1v) is 7.48.